The number of fused-ring (bicyclic) bond motifs is 1. The number of hydrogen-bond acceptors (Lipinski definition) is 8. The van der Waals surface area contributed by atoms with Gasteiger partial charge in [-0.3, -0.25) is 23.9 Å². The summed E-state index contributed by atoms with van der Waals surface area (Å²) in [6.07, 6.45) is 2.78. The molecule has 1 aromatic carbocycles. The second-order valence-electron chi connectivity index (χ2n) is 10.5. The third-order valence-corrected chi connectivity index (χ3v) is 8.33. The minimum Gasteiger partial charge on any atom is -0.481 e. The number of carbonyl (C=O) groups is 2. The van der Waals surface area contributed by atoms with Crippen molar-refractivity contribution in [2.24, 2.45) is 7.05 Å². The molecule has 0 atom stereocenters. The highest BCUT2D eigenvalue weighted by Crippen LogP contribution is 2.40. The van der Waals surface area contributed by atoms with Gasteiger partial charge in [-0.15, -0.1) is 0 Å². The number of rotatable bonds is 12. The molecule has 0 saturated heterocycles. The van der Waals surface area contributed by atoms with Crippen LogP contribution in [0.15, 0.2) is 42.6 Å². The molecule has 236 valence electrons. The first-order chi connectivity index (χ1) is 21.7. The fourth-order valence-corrected chi connectivity index (χ4v) is 5.89. The summed E-state index contributed by atoms with van der Waals surface area (Å²) < 4.78 is 19.9. The molecule has 0 radical (unpaired) electrons. The minimum atomic E-state index is -0.967. The summed E-state index contributed by atoms with van der Waals surface area (Å²) in [5, 5.41) is 15.1. The molecule has 1 amide bonds. The molecule has 0 unspecified atom stereocenters. The summed E-state index contributed by atoms with van der Waals surface area (Å²) in [5.41, 5.74) is 4.84. The van der Waals surface area contributed by atoms with E-state index in [2.05, 4.69) is 30.5 Å². The lowest BCUT2D eigenvalue weighted by Gasteiger charge is -2.26. The molecule has 0 fully saturated rings. The standard InChI is InChI=1S/C31H32Cl2FN7O4/c1-40-24-10-14-41(13-4-11-34)17-23(24)37-29(40)30(44)38-22-6-3-5-20(26(22)32)28-27(33)19(9-12-36-28)21-8-7-18(31(39-21)45-2)15-35-16-25(42)43/h3,5-9,12,35H,4,10-11,13-17H2,1-2H3,(H,38,44)(H,42,43). The van der Waals surface area contributed by atoms with Crippen molar-refractivity contribution in [3.8, 4) is 28.4 Å². The van der Waals surface area contributed by atoms with Gasteiger partial charge in [0.25, 0.3) is 5.91 Å². The van der Waals surface area contributed by atoms with Gasteiger partial charge in [-0.25, -0.2) is 9.97 Å². The van der Waals surface area contributed by atoms with Crippen molar-refractivity contribution in [1.82, 2.24) is 29.7 Å². The maximum atomic E-state index is 13.4. The van der Waals surface area contributed by atoms with E-state index in [9.17, 15) is 14.0 Å². The van der Waals surface area contributed by atoms with Crippen molar-refractivity contribution in [3.05, 3.63) is 75.4 Å². The van der Waals surface area contributed by atoms with Gasteiger partial charge in [-0.05, 0) is 24.6 Å². The highest BCUT2D eigenvalue weighted by Gasteiger charge is 2.26. The first-order valence-corrected chi connectivity index (χ1v) is 15.0. The van der Waals surface area contributed by atoms with Crippen molar-refractivity contribution >= 4 is 40.8 Å². The molecule has 1 aliphatic heterocycles. The molecule has 4 aromatic rings. The summed E-state index contributed by atoms with van der Waals surface area (Å²) in [4.78, 5) is 40.0. The molecule has 4 heterocycles. The van der Waals surface area contributed by atoms with Crippen LogP contribution in [-0.2, 0) is 31.4 Å². The van der Waals surface area contributed by atoms with Gasteiger partial charge in [-0.1, -0.05) is 41.4 Å². The average molecular weight is 657 g/mol. The Balaban J connectivity index is 1.38. The second kappa shape index (κ2) is 14.3. The summed E-state index contributed by atoms with van der Waals surface area (Å²) in [6.45, 7) is 1.69. The number of hydrogen-bond donors (Lipinski definition) is 3. The maximum absolute atomic E-state index is 13.4. The van der Waals surface area contributed by atoms with E-state index >= 15 is 0 Å². The number of carboxylic acids is 1. The zero-order chi connectivity index (χ0) is 32.1. The van der Waals surface area contributed by atoms with E-state index in [0.29, 0.717) is 64.2 Å². The Kier molecular flexibility index (Phi) is 10.3. The van der Waals surface area contributed by atoms with Gasteiger partial charge in [-0.2, -0.15) is 0 Å². The topological polar surface area (TPSA) is 134 Å². The Morgan fingerprint density at radius 2 is 1.93 bits per heavy atom. The van der Waals surface area contributed by atoms with Crippen LogP contribution in [0, 0.1) is 0 Å². The van der Waals surface area contributed by atoms with Crippen LogP contribution in [0.4, 0.5) is 10.1 Å². The van der Waals surface area contributed by atoms with Crippen LogP contribution >= 0.6 is 23.2 Å². The normalized spacial score (nSPS) is 13.0. The quantitative estimate of drug-likeness (QED) is 0.193. The molecule has 0 saturated carbocycles. The van der Waals surface area contributed by atoms with Crippen LogP contribution < -0.4 is 15.4 Å². The first-order valence-electron chi connectivity index (χ1n) is 14.3. The highest BCUT2D eigenvalue weighted by atomic mass is 35.5. The molecule has 0 aliphatic carbocycles. The predicted molar refractivity (Wildman–Crippen MR) is 170 cm³/mol. The van der Waals surface area contributed by atoms with Crippen LogP contribution in [-0.4, -0.2) is 74.8 Å². The van der Waals surface area contributed by atoms with Gasteiger partial charge in [0.2, 0.25) is 5.88 Å². The van der Waals surface area contributed by atoms with E-state index in [0.717, 1.165) is 24.4 Å². The highest BCUT2D eigenvalue weighted by molar-refractivity contribution is 6.39. The molecule has 1 aliphatic rings. The van der Waals surface area contributed by atoms with Crippen molar-refractivity contribution < 1.29 is 23.8 Å². The number of aliphatic carboxylic acids is 1. The third-order valence-electron chi connectivity index (χ3n) is 7.54. The van der Waals surface area contributed by atoms with Crippen LogP contribution in [0.3, 0.4) is 0 Å². The molecule has 3 aromatic heterocycles. The number of imidazole rings is 1. The number of anilines is 1. The SMILES string of the molecule is COc1nc(-c2ccnc(-c3cccc(NC(=O)c4nc5c(n4C)CCN(CCCF)C5)c3Cl)c2Cl)ccc1CNCC(=O)O. The number of halogens is 3. The molecular formula is C31H32Cl2FN7O4. The van der Waals surface area contributed by atoms with Gasteiger partial charge in [0.15, 0.2) is 5.82 Å². The van der Waals surface area contributed by atoms with Crippen LogP contribution in [0.1, 0.15) is 34.0 Å². The number of methoxy groups -OCH3 is 1. The summed E-state index contributed by atoms with van der Waals surface area (Å²) in [6, 6.07) is 10.5. The van der Waals surface area contributed by atoms with E-state index in [1.807, 2.05) is 7.05 Å². The number of nitrogens with one attached hydrogen (secondary N) is 2. The van der Waals surface area contributed by atoms with Gasteiger partial charge in [0, 0.05) is 68.2 Å². The Morgan fingerprint density at radius 3 is 2.69 bits per heavy atom. The van der Waals surface area contributed by atoms with Crippen molar-refractivity contribution in [2.45, 2.75) is 25.9 Å². The van der Waals surface area contributed by atoms with Crippen molar-refractivity contribution in [2.75, 3.05) is 38.7 Å². The lowest BCUT2D eigenvalue weighted by atomic mass is 10.1. The second-order valence-corrected chi connectivity index (χ2v) is 11.2. The fourth-order valence-electron chi connectivity index (χ4n) is 5.31. The van der Waals surface area contributed by atoms with Crippen LogP contribution in [0.5, 0.6) is 5.88 Å². The van der Waals surface area contributed by atoms with Crippen molar-refractivity contribution in [3.63, 3.8) is 0 Å². The van der Waals surface area contributed by atoms with Gasteiger partial charge in [0.05, 0.1) is 53.1 Å². The molecule has 0 spiro atoms. The van der Waals surface area contributed by atoms with E-state index in [4.69, 9.17) is 33.0 Å². The molecular weight excluding hydrogens is 624 g/mol. The summed E-state index contributed by atoms with van der Waals surface area (Å²) >= 11 is 13.7. The monoisotopic (exact) mass is 655 g/mol. The van der Waals surface area contributed by atoms with E-state index in [-0.39, 0.29) is 30.6 Å². The van der Waals surface area contributed by atoms with Crippen LogP contribution in [0.25, 0.3) is 22.5 Å². The van der Waals surface area contributed by atoms with Crippen LogP contribution in [0.2, 0.25) is 10.0 Å². The fraction of sp³-hybridized carbons (Fsp3) is 0.323. The zero-order valence-electron chi connectivity index (χ0n) is 24.7. The number of benzene rings is 1. The summed E-state index contributed by atoms with van der Waals surface area (Å²) in [7, 11) is 3.29. The number of aromatic nitrogens is 4. The number of carboxylic acid groups (broad SMARTS) is 1. The number of ether oxygens (including phenoxy) is 1. The average Bonchev–Trinajstić information content (AvgIpc) is 3.36. The maximum Gasteiger partial charge on any atom is 0.317 e. The van der Waals surface area contributed by atoms with Gasteiger partial charge < -0.3 is 25.0 Å². The summed E-state index contributed by atoms with van der Waals surface area (Å²) in [5.74, 6) is -0.797. The van der Waals surface area contributed by atoms with Gasteiger partial charge >= 0.3 is 5.97 Å². The van der Waals surface area contributed by atoms with Crippen molar-refractivity contribution in [1.29, 1.82) is 0 Å². The molecule has 5 rings (SSSR count). The lowest BCUT2D eigenvalue weighted by Crippen LogP contribution is -2.32. The smallest absolute Gasteiger partial charge is 0.317 e. The molecule has 0 bridgehead atoms. The van der Waals surface area contributed by atoms with E-state index < -0.39 is 11.9 Å². The Bertz CT molecular complexity index is 1730. The molecule has 14 heteroatoms. The number of carbonyl (C=O) groups excluding carboxylic acids is 1. The molecule has 3 N–H and O–H groups in total. The first kappa shape index (κ1) is 32.3. The number of pyridine rings is 2. The zero-order valence-corrected chi connectivity index (χ0v) is 26.3. The third kappa shape index (κ3) is 7.09. The van der Waals surface area contributed by atoms with E-state index in [1.54, 1.807) is 47.2 Å². The van der Waals surface area contributed by atoms with E-state index in [1.165, 1.54) is 7.11 Å². The number of amides is 1. The predicted octanol–water partition coefficient (Wildman–Crippen LogP) is 5.00. The largest absolute Gasteiger partial charge is 0.481 e. The Morgan fingerprint density at radius 1 is 1.11 bits per heavy atom. The molecule has 11 nitrogen and oxygen atoms in total. The Labute approximate surface area is 269 Å². The molecule has 45 heavy (non-hydrogen) atoms. The minimum absolute atomic E-state index is 0.199. The number of nitrogens with zero attached hydrogens (tertiary/aromatic N) is 5. The number of alkyl halides is 1. The van der Waals surface area contributed by atoms with Gasteiger partial charge in [0.1, 0.15) is 0 Å². The Hall–Kier alpha value is -4.10. The lowest BCUT2D eigenvalue weighted by molar-refractivity contribution is -0.136.